The van der Waals surface area contributed by atoms with Crippen LogP contribution in [0.4, 0.5) is 5.82 Å². The van der Waals surface area contributed by atoms with Gasteiger partial charge in [0.2, 0.25) is 15.9 Å². The monoisotopic (exact) mass is 898 g/mol. The fraction of sp³-hybridized carbons (Fsp3) is 0.556. The van der Waals surface area contributed by atoms with E-state index in [-0.39, 0.29) is 37.3 Å². The minimum Gasteiger partial charge on any atom is -0.494 e. The minimum absolute atomic E-state index is 0.0606. The van der Waals surface area contributed by atoms with Crippen LogP contribution < -0.4 is 23.8 Å². The number of benzene rings is 2. The molecule has 1 aromatic heterocycles. The van der Waals surface area contributed by atoms with Crippen LogP contribution >= 0.6 is 0 Å². The average Bonchev–Trinajstić information content (AvgIpc) is 3.50. The Morgan fingerprint density at radius 2 is 1.61 bits per heavy atom. The molecule has 0 saturated heterocycles. The molecule has 62 heavy (non-hydrogen) atoms. The van der Waals surface area contributed by atoms with Crippen molar-refractivity contribution >= 4 is 43.7 Å². The number of anilines is 1. The first-order chi connectivity index (χ1) is 28.8. The number of amides is 1. The van der Waals surface area contributed by atoms with Gasteiger partial charge in [-0.3, -0.25) is 14.4 Å². The fourth-order valence-corrected chi connectivity index (χ4v) is 11.7. The Hall–Kier alpha value is -4.74. The van der Waals surface area contributed by atoms with Gasteiger partial charge in [-0.1, -0.05) is 6.07 Å². The smallest absolute Gasteiger partial charge is 0.326 e. The number of carboxylic acid groups (broad SMARTS) is 1. The molecule has 2 aromatic carbocycles. The Kier molecular flexibility index (Phi) is 14.7. The Morgan fingerprint density at radius 1 is 0.935 bits per heavy atom. The zero-order valence-electron chi connectivity index (χ0n) is 37.6. The lowest BCUT2D eigenvalue weighted by Crippen LogP contribution is -2.50. The van der Waals surface area contributed by atoms with Gasteiger partial charge < -0.3 is 24.6 Å². The maximum atomic E-state index is 14.5. The van der Waals surface area contributed by atoms with Crippen molar-refractivity contribution in [1.29, 1.82) is 0 Å². The van der Waals surface area contributed by atoms with Crippen LogP contribution in [0.3, 0.4) is 0 Å². The predicted octanol–water partition coefficient (Wildman–Crippen LogP) is 6.24. The van der Waals surface area contributed by atoms with Gasteiger partial charge in [0.25, 0.3) is 10.0 Å². The summed E-state index contributed by atoms with van der Waals surface area (Å²) in [5, 5.41) is 11.6. The van der Waals surface area contributed by atoms with Crippen molar-refractivity contribution in [2.75, 3.05) is 24.0 Å². The summed E-state index contributed by atoms with van der Waals surface area (Å²) in [6.45, 7) is 17.8. The van der Waals surface area contributed by atoms with Gasteiger partial charge >= 0.3 is 11.9 Å². The van der Waals surface area contributed by atoms with E-state index in [0.29, 0.717) is 89.5 Å². The van der Waals surface area contributed by atoms with E-state index in [0.717, 1.165) is 22.4 Å². The van der Waals surface area contributed by atoms with Crippen LogP contribution in [0.2, 0.25) is 0 Å². The van der Waals surface area contributed by atoms with E-state index in [1.54, 1.807) is 34.6 Å². The first-order valence-electron chi connectivity index (χ1n) is 21.1. The number of hydrogen-bond acceptors (Lipinski definition) is 11. The number of sulfonamides is 2. The first kappa shape index (κ1) is 48.3. The Bertz CT molecular complexity index is 2420. The first-order valence-corrected chi connectivity index (χ1v) is 24.0. The number of hydrogen-bond donors (Lipinski definition) is 3. The number of ether oxygens (including phenoxy) is 3. The van der Waals surface area contributed by atoms with Crippen molar-refractivity contribution < 1.29 is 50.5 Å². The molecule has 1 atom stereocenters. The molecule has 5 rings (SSSR count). The zero-order chi connectivity index (χ0) is 45.9. The second-order valence-corrected chi connectivity index (χ2v) is 21.4. The van der Waals surface area contributed by atoms with Crippen LogP contribution in [0.25, 0.3) is 0 Å². The van der Waals surface area contributed by atoms with Crippen LogP contribution in [-0.2, 0) is 58.4 Å². The summed E-state index contributed by atoms with van der Waals surface area (Å²) in [6, 6.07) is 5.44. The van der Waals surface area contributed by atoms with Crippen LogP contribution in [0.15, 0.2) is 34.1 Å². The Labute approximate surface area is 366 Å². The van der Waals surface area contributed by atoms with Crippen LogP contribution in [0.5, 0.6) is 11.5 Å². The molecule has 17 heteroatoms. The molecule has 0 aliphatic carbocycles. The molecular formula is C45H62N4O11S2. The van der Waals surface area contributed by atoms with Crippen molar-refractivity contribution in [3.8, 4) is 11.5 Å². The topological polar surface area (TPSA) is 208 Å². The zero-order valence-corrected chi connectivity index (χ0v) is 39.2. The average molecular weight is 899 g/mol. The summed E-state index contributed by atoms with van der Waals surface area (Å²) in [5.74, 6) is -0.621. The number of nitrogens with zero attached hydrogens (tertiary/aromatic N) is 2. The number of carbonyl (C=O) groups excluding carboxylic acids is 2. The van der Waals surface area contributed by atoms with E-state index < -0.39 is 55.1 Å². The van der Waals surface area contributed by atoms with Crippen LogP contribution in [-0.4, -0.2) is 81.7 Å². The standard InChI is InChI=1S/C45H62N4O11S2/c1-27-23-34(58-22-14-18-38(51)52)24-28(2)40(27)61(54,55)48-36(43(53)60-44(6,7)8)26-46-37(50)17-12-11-16-33-20-19-32-15-13-21-49(42(32)47-33)62(56,57)41-30(4)29(3)39-35(31(41)5)25-45(9,10)59-39/h19-20,23-24,36,48H,11-18,21-22,25-26H2,1-10H3,(H,46,50)(H,51,52)/t36-/m0/s1. The van der Waals surface area contributed by atoms with Gasteiger partial charge in [0.1, 0.15) is 34.6 Å². The molecule has 15 nitrogen and oxygen atoms in total. The summed E-state index contributed by atoms with van der Waals surface area (Å²) in [4.78, 5) is 42.3. The van der Waals surface area contributed by atoms with Crippen molar-refractivity contribution in [2.45, 2.75) is 154 Å². The van der Waals surface area contributed by atoms with Crippen molar-refractivity contribution in [3.63, 3.8) is 0 Å². The molecule has 2 aliphatic rings. The third-order valence-corrected chi connectivity index (χ3v) is 14.8. The van der Waals surface area contributed by atoms with Crippen molar-refractivity contribution in [1.82, 2.24) is 15.0 Å². The van der Waals surface area contributed by atoms with Gasteiger partial charge in [-0.2, -0.15) is 4.72 Å². The van der Waals surface area contributed by atoms with E-state index in [4.69, 9.17) is 24.3 Å². The summed E-state index contributed by atoms with van der Waals surface area (Å²) < 4.78 is 77.8. The minimum atomic E-state index is -4.31. The van der Waals surface area contributed by atoms with Gasteiger partial charge in [-0.05, 0) is 159 Å². The van der Waals surface area contributed by atoms with E-state index >= 15 is 0 Å². The number of esters is 1. The summed E-state index contributed by atoms with van der Waals surface area (Å²) in [6.07, 6.45) is 3.78. The lowest BCUT2D eigenvalue weighted by Gasteiger charge is -2.31. The number of carboxylic acids is 1. The quantitative estimate of drug-likeness (QED) is 0.0958. The second kappa shape index (κ2) is 18.9. The largest absolute Gasteiger partial charge is 0.494 e. The summed E-state index contributed by atoms with van der Waals surface area (Å²) >= 11 is 0. The molecule has 1 amide bonds. The third kappa shape index (κ3) is 11.4. The molecule has 3 N–H and O–H groups in total. The highest BCUT2D eigenvalue weighted by atomic mass is 32.2. The number of nitrogens with one attached hydrogen (secondary N) is 2. The van der Waals surface area contributed by atoms with Gasteiger partial charge in [-0.15, -0.1) is 0 Å². The van der Waals surface area contributed by atoms with Crippen molar-refractivity contribution in [2.24, 2.45) is 0 Å². The molecule has 0 bridgehead atoms. The fourth-order valence-electron chi connectivity index (χ4n) is 8.08. The summed E-state index contributed by atoms with van der Waals surface area (Å²) in [7, 11) is -8.29. The SMILES string of the molecule is Cc1cc(OCCCC(=O)O)cc(C)c1S(=O)(=O)N[C@@H](CNC(=O)CCCCc1ccc2c(n1)N(S(=O)(=O)c1c(C)c(C)c3c(c1C)CC(C)(C)O3)CCC2)C(=O)OC(C)(C)C. The van der Waals surface area contributed by atoms with Gasteiger partial charge in [0.05, 0.1) is 16.4 Å². The number of carbonyl (C=O) groups is 3. The molecule has 3 heterocycles. The highest BCUT2D eigenvalue weighted by molar-refractivity contribution is 7.93. The number of fused-ring (bicyclic) bond motifs is 2. The third-order valence-electron chi connectivity index (χ3n) is 11.0. The van der Waals surface area contributed by atoms with E-state index in [1.165, 1.54) is 16.4 Å². The van der Waals surface area contributed by atoms with E-state index in [2.05, 4.69) is 10.0 Å². The number of aromatic nitrogens is 1. The van der Waals surface area contributed by atoms with E-state index in [1.807, 2.05) is 46.8 Å². The van der Waals surface area contributed by atoms with Gasteiger partial charge in [-0.25, -0.2) is 26.1 Å². The molecule has 0 radical (unpaired) electrons. The van der Waals surface area contributed by atoms with Crippen LogP contribution in [0, 0.1) is 34.6 Å². The van der Waals surface area contributed by atoms with Gasteiger partial charge in [0, 0.05) is 43.6 Å². The van der Waals surface area contributed by atoms with E-state index in [9.17, 15) is 31.2 Å². The molecule has 3 aromatic rings. The molecule has 2 aliphatic heterocycles. The normalized spacial score (nSPS) is 15.3. The van der Waals surface area contributed by atoms with Gasteiger partial charge in [0.15, 0.2) is 0 Å². The molecule has 340 valence electrons. The Morgan fingerprint density at radius 3 is 2.26 bits per heavy atom. The maximum Gasteiger partial charge on any atom is 0.326 e. The molecule has 0 fully saturated rings. The van der Waals surface area contributed by atoms with Crippen molar-refractivity contribution in [3.05, 3.63) is 68.9 Å². The number of rotatable bonds is 18. The highest BCUT2D eigenvalue weighted by Gasteiger charge is 2.40. The number of aliphatic carboxylic acids is 1. The predicted molar refractivity (Wildman–Crippen MR) is 235 cm³/mol. The molecule has 0 saturated carbocycles. The van der Waals surface area contributed by atoms with Crippen LogP contribution in [0.1, 0.15) is 118 Å². The lowest BCUT2D eigenvalue weighted by atomic mass is 9.94. The number of pyridine rings is 1. The highest BCUT2D eigenvalue weighted by Crippen LogP contribution is 2.45. The maximum absolute atomic E-state index is 14.5. The molecule has 0 unspecified atom stereocenters. The number of unbranched alkanes of at least 4 members (excludes halogenated alkanes) is 1. The molecule has 0 spiro atoms. The lowest BCUT2D eigenvalue weighted by molar-refractivity contribution is -0.156. The molecular weight excluding hydrogens is 837 g/mol. The second-order valence-electron chi connectivity index (χ2n) is 18.0. The summed E-state index contributed by atoms with van der Waals surface area (Å²) in [5.41, 5.74) is 4.01. The Balaban J connectivity index is 1.22. The number of aryl methyl sites for hydroxylation is 4.